The Morgan fingerprint density at radius 3 is 0.394 bits per heavy atom. The number of aryl methyl sites for hydroxylation is 24. The van der Waals surface area contributed by atoms with Crippen LogP contribution in [0.4, 0.5) is 34.1 Å². The van der Waals surface area contributed by atoms with Gasteiger partial charge in [-0.25, -0.2) is 0 Å². The maximum atomic E-state index is 8.42. The van der Waals surface area contributed by atoms with Crippen molar-refractivity contribution in [3.05, 3.63) is 388 Å². The zero-order chi connectivity index (χ0) is 92.5. The van der Waals surface area contributed by atoms with Crippen LogP contribution >= 0.6 is 0 Å². The molecule has 127 heavy (non-hydrogen) atoms. The van der Waals surface area contributed by atoms with E-state index in [4.69, 9.17) is 15.1 Å². The standard InChI is InChI=1S/3C40H44N.BO3/c3*1-25-13-26(2)18-33(17-25)37-11-12-38(41(9,10)36-23-31(7)16-32(8)24-36)40(35-21-29(5)15-30(6)22-35)39(37)34-19-27(3)14-28(4)20-34;2-1(3)4/h3*11-24H,1-10H3;/q3*+1;-3. The molecule has 0 aliphatic carbocycles. The minimum atomic E-state index is -2.92. The second kappa shape index (κ2) is 38.4. The lowest BCUT2D eigenvalue weighted by Crippen LogP contribution is -2.56. The molecule has 0 radical (unpaired) electrons. The van der Waals surface area contributed by atoms with Gasteiger partial charge in [0, 0.05) is 71.3 Å². The van der Waals surface area contributed by atoms with Crippen LogP contribution in [0, 0.1) is 166 Å². The third-order valence-electron chi connectivity index (χ3n) is 24.6. The fraction of sp³-hybridized carbons (Fsp3) is 0.250. The highest BCUT2D eigenvalue weighted by Gasteiger charge is 2.36. The molecule has 0 unspecified atom stereocenters. The molecule has 0 atom stereocenters. The van der Waals surface area contributed by atoms with Gasteiger partial charge in [-0.3, -0.25) is 20.8 Å². The molecule has 15 aromatic rings. The van der Waals surface area contributed by atoms with E-state index in [0.29, 0.717) is 13.4 Å². The van der Waals surface area contributed by atoms with Crippen LogP contribution in [0.25, 0.3) is 100 Å². The van der Waals surface area contributed by atoms with E-state index < -0.39 is 7.32 Å². The largest absolute Gasteiger partial charge is 0.907 e. The first-order valence-electron chi connectivity index (χ1n) is 44.7. The zero-order valence-corrected chi connectivity index (χ0v) is 81.4. The highest BCUT2D eigenvalue weighted by Crippen LogP contribution is 2.54. The smallest absolute Gasteiger partial charge is 0.146 e. The molecule has 0 saturated heterocycles. The molecule has 6 nitrogen and oxygen atoms in total. The van der Waals surface area contributed by atoms with Gasteiger partial charge in [0.25, 0.3) is 0 Å². The third-order valence-corrected chi connectivity index (χ3v) is 24.6. The number of quaternary nitrogens is 3. The average Bonchev–Trinajstić information content (AvgIpc) is 0.744. The number of benzene rings is 15. The predicted octanol–water partition coefficient (Wildman–Crippen LogP) is 29.2. The van der Waals surface area contributed by atoms with Gasteiger partial charge in [-0.2, -0.15) is 0 Å². The summed E-state index contributed by atoms with van der Waals surface area (Å²) in [5, 5.41) is 25.2. The summed E-state index contributed by atoms with van der Waals surface area (Å²) in [6.07, 6.45) is 0. The quantitative estimate of drug-likeness (QED) is 0.0759. The number of hydrogen-bond acceptors (Lipinski definition) is 3. The predicted molar refractivity (Wildman–Crippen MR) is 547 cm³/mol. The molecule has 7 heteroatoms. The molecule has 0 aromatic heterocycles. The molecular formula is C120H132BN3O3. The van der Waals surface area contributed by atoms with E-state index >= 15 is 0 Å². The monoisotopic (exact) mass is 1670 g/mol. The van der Waals surface area contributed by atoms with Crippen molar-refractivity contribution in [2.75, 3.05) is 42.3 Å². The van der Waals surface area contributed by atoms with E-state index in [1.807, 2.05) is 0 Å². The highest BCUT2D eigenvalue weighted by atomic mass is 16.5. The summed E-state index contributed by atoms with van der Waals surface area (Å²) >= 11 is 0. The van der Waals surface area contributed by atoms with Crippen LogP contribution in [0.5, 0.6) is 0 Å². The fourth-order valence-electron chi connectivity index (χ4n) is 20.0. The summed E-state index contributed by atoms with van der Waals surface area (Å²) in [5.41, 5.74) is 61.7. The minimum Gasteiger partial charge on any atom is -0.907 e. The van der Waals surface area contributed by atoms with Crippen LogP contribution in [0.3, 0.4) is 0 Å². The van der Waals surface area contributed by atoms with Gasteiger partial charge < -0.3 is 15.1 Å². The van der Waals surface area contributed by atoms with Crippen LogP contribution in [0.2, 0.25) is 0 Å². The van der Waals surface area contributed by atoms with Gasteiger partial charge in [0.1, 0.15) is 34.1 Å². The second-order valence-corrected chi connectivity index (χ2v) is 38.7. The van der Waals surface area contributed by atoms with Gasteiger partial charge >= 0.3 is 0 Å². The molecule has 15 rings (SSSR count). The third kappa shape index (κ3) is 22.0. The molecule has 0 saturated carbocycles. The molecule has 0 N–H and O–H groups in total. The average molecular weight is 1680 g/mol. The molecule has 648 valence electrons. The molecule has 0 amide bonds. The van der Waals surface area contributed by atoms with E-state index in [1.165, 1.54) is 268 Å². The van der Waals surface area contributed by atoms with Gasteiger partial charge in [0.05, 0.1) is 59.0 Å². The Kier molecular flexibility index (Phi) is 28.5. The molecule has 0 bridgehead atoms. The molecular weight excluding hydrogens is 1540 g/mol. The van der Waals surface area contributed by atoms with Gasteiger partial charge in [0.2, 0.25) is 0 Å². The molecule has 0 heterocycles. The normalized spacial score (nSPS) is 11.5. The van der Waals surface area contributed by atoms with Gasteiger partial charge in [0.15, 0.2) is 0 Å². The van der Waals surface area contributed by atoms with Crippen LogP contribution in [-0.4, -0.2) is 49.6 Å². The number of nitrogens with zero attached hydrogens (tertiary/aromatic N) is 3. The van der Waals surface area contributed by atoms with Crippen LogP contribution in [-0.2, 0) is 0 Å². The molecule has 15 aromatic carbocycles. The van der Waals surface area contributed by atoms with Gasteiger partial charge in [-0.05, 0) is 285 Å². The van der Waals surface area contributed by atoms with E-state index in [2.05, 4.69) is 463 Å². The summed E-state index contributed by atoms with van der Waals surface area (Å²) in [7, 11) is 11.1. The first-order valence-corrected chi connectivity index (χ1v) is 44.7. The second-order valence-electron chi connectivity index (χ2n) is 38.7. The van der Waals surface area contributed by atoms with Crippen molar-refractivity contribution in [3.63, 3.8) is 0 Å². The van der Waals surface area contributed by atoms with Crippen molar-refractivity contribution < 1.29 is 15.1 Å². The van der Waals surface area contributed by atoms with Crippen molar-refractivity contribution in [2.45, 2.75) is 166 Å². The first kappa shape index (κ1) is 94.3. The van der Waals surface area contributed by atoms with Crippen LogP contribution in [0.1, 0.15) is 134 Å². The van der Waals surface area contributed by atoms with Crippen LogP contribution in [0.15, 0.2) is 255 Å². The highest BCUT2D eigenvalue weighted by molar-refractivity contribution is 6.24. The molecule has 0 aliphatic heterocycles. The van der Waals surface area contributed by atoms with Crippen molar-refractivity contribution >= 4 is 41.4 Å². The van der Waals surface area contributed by atoms with Gasteiger partial charge in [-0.1, -0.05) is 282 Å². The fourth-order valence-corrected chi connectivity index (χ4v) is 20.0. The summed E-state index contributed by atoms with van der Waals surface area (Å²) < 4.78 is 1.95. The Labute approximate surface area is 761 Å². The van der Waals surface area contributed by atoms with E-state index in [0.717, 1.165) is 0 Å². The van der Waals surface area contributed by atoms with Crippen molar-refractivity contribution in [3.8, 4) is 100 Å². The van der Waals surface area contributed by atoms with Crippen molar-refractivity contribution in [1.29, 1.82) is 0 Å². The number of hydrogen-bond donors (Lipinski definition) is 0. The Hall–Kier alpha value is -11.9. The SMILES string of the molecule is Cc1cc(C)cc(-c2ccc([N+](C)(C)c3cc(C)cc(C)c3)c(-c3cc(C)cc(C)c3)c2-c2cc(C)cc(C)c2)c1.Cc1cc(C)cc(-c2ccc([N+](C)(C)c3cc(C)cc(C)c3)c(-c3cc(C)cc(C)c3)c2-c2cc(C)cc(C)c2)c1.Cc1cc(C)cc(-c2ccc([N+](C)(C)c3cc(C)cc(C)c3)c(-c3cc(C)cc(C)c3)c2-c2cc(C)cc(C)c2)c1.[O-]B([O-])[O-]. The lowest BCUT2D eigenvalue weighted by atomic mass is 9.83. The van der Waals surface area contributed by atoms with E-state index in [-0.39, 0.29) is 0 Å². The lowest BCUT2D eigenvalue weighted by Gasteiger charge is -2.35. The Balaban J connectivity index is 0.000000169. The summed E-state index contributed by atoms with van der Waals surface area (Å²) in [5.74, 6) is 0. The summed E-state index contributed by atoms with van der Waals surface area (Å²) in [6.45, 7) is 52.9. The molecule has 0 aliphatic rings. The topological polar surface area (TPSA) is 69.2 Å². The maximum Gasteiger partial charge on any atom is 0.146 e. The summed E-state index contributed by atoms with van der Waals surface area (Å²) in [4.78, 5) is 0. The lowest BCUT2D eigenvalue weighted by molar-refractivity contribution is -0.479. The van der Waals surface area contributed by atoms with E-state index in [1.54, 1.807) is 0 Å². The van der Waals surface area contributed by atoms with Gasteiger partial charge in [-0.15, -0.1) is 0 Å². The Morgan fingerprint density at radius 1 is 0.150 bits per heavy atom. The Morgan fingerprint density at radius 2 is 0.260 bits per heavy atom. The van der Waals surface area contributed by atoms with Crippen LogP contribution < -0.4 is 28.5 Å². The molecule has 0 spiro atoms. The van der Waals surface area contributed by atoms with Crippen molar-refractivity contribution in [2.24, 2.45) is 0 Å². The first-order chi connectivity index (χ1) is 59.7. The van der Waals surface area contributed by atoms with Crippen molar-refractivity contribution in [1.82, 2.24) is 13.4 Å². The summed E-state index contributed by atoms with van der Waals surface area (Å²) in [6, 6.07) is 97.9. The number of rotatable bonds is 15. The zero-order valence-electron chi connectivity index (χ0n) is 81.4. The van der Waals surface area contributed by atoms with E-state index in [9.17, 15) is 0 Å². The maximum absolute atomic E-state index is 8.42. The Bertz CT molecular complexity index is 5830. The molecule has 0 fully saturated rings. The minimum absolute atomic E-state index is 0.649.